The van der Waals surface area contributed by atoms with Crippen LogP contribution >= 0.6 is 11.3 Å². The number of aromatic nitrogens is 1. The number of thiazole rings is 1. The van der Waals surface area contributed by atoms with Crippen molar-refractivity contribution in [1.82, 2.24) is 9.29 Å². The Labute approximate surface area is 174 Å². The van der Waals surface area contributed by atoms with E-state index in [1.165, 1.54) is 45.5 Å². The number of nitrogens with one attached hydrogen (secondary N) is 1. The van der Waals surface area contributed by atoms with Crippen LogP contribution in [0.15, 0.2) is 58.8 Å². The fourth-order valence-corrected chi connectivity index (χ4v) is 5.44. The van der Waals surface area contributed by atoms with Crippen LogP contribution in [0.2, 0.25) is 0 Å². The normalized spacial score (nSPS) is 14.8. The Balaban J connectivity index is 1.46. The highest BCUT2D eigenvalue weighted by Crippen LogP contribution is 2.26. The third-order valence-electron chi connectivity index (χ3n) is 4.89. The number of amides is 1. The lowest BCUT2D eigenvalue weighted by Gasteiger charge is -2.15. The first kappa shape index (κ1) is 19.8. The van der Waals surface area contributed by atoms with Crippen molar-refractivity contribution in [3.63, 3.8) is 0 Å². The van der Waals surface area contributed by atoms with E-state index in [2.05, 4.69) is 10.3 Å². The zero-order chi connectivity index (χ0) is 20.4. The number of hydrogen-bond donors (Lipinski definition) is 1. The van der Waals surface area contributed by atoms with Gasteiger partial charge in [0.05, 0.1) is 10.6 Å². The molecule has 1 aromatic heterocycles. The van der Waals surface area contributed by atoms with Crippen LogP contribution in [0.4, 0.5) is 5.13 Å². The van der Waals surface area contributed by atoms with Crippen molar-refractivity contribution >= 4 is 32.4 Å². The van der Waals surface area contributed by atoms with Gasteiger partial charge in [0.2, 0.25) is 10.0 Å². The fourth-order valence-electron chi connectivity index (χ4n) is 3.21. The molecular formula is C21H21N3O3S2. The maximum absolute atomic E-state index is 12.6. The van der Waals surface area contributed by atoms with Crippen LogP contribution in [0.3, 0.4) is 0 Å². The van der Waals surface area contributed by atoms with E-state index in [4.69, 9.17) is 0 Å². The number of sulfonamides is 1. The van der Waals surface area contributed by atoms with Gasteiger partial charge < -0.3 is 0 Å². The van der Waals surface area contributed by atoms with Crippen molar-refractivity contribution in [3.05, 3.63) is 65.0 Å². The number of hydrogen-bond acceptors (Lipinski definition) is 5. The number of benzene rings is 2. The van der Waals surface area contributed by atoms with Gasteiger partial charge in [-0.3, -0.25) is 10.1 Å². The summed E-state index contributed by atoms with van der Waals surface area (Å²) in [6.07, 6.45) is 1.77. The molecule has 1 aliphatic heterocycles. The van der Waals surface area contributed by atoms with Crippen LogP contribution in [0.1, 0.15) is 28.8 Å². The van der Waals surface area contributed by atoms with Gasteiger partial charge in [-0.25, -0.2) is 13.4 Å². The molecule has 150 valence electrons. The SMILES string of the molecule is Cc1ccc(-c2csc(NC(=O)c3ccc(S(=O)(=O)N4CCCC4)cc3)n2)cc1. The predicted octanol–water partition coefficient (Wildman–Crippen LogP) is 4.16. The Morgan fingerprint density at radius 1 is 1.03 bits per heavy atom. The topological polar surface area (TPSA) is 79.4 Å². The number of aryl methyl sites for hydroxylation is 1. The monoisotopic (exact) mass is 427 g/mol. The zero-order valence-electron chi connectivity index (χ0n) is 16.0. The molecule has 1 N–H and O–H groups in total. The molecule has 0 spiro atoms. The van der Waals surface area contributed by atoms with Crippen LogP contribution in [0, 0.1) is 6.92 Å². The molecule has 0 bridgehead atoms. The maximum Gasteiger partial charge on any atom is 0.257 e. The van der Waals surface area contributed by atoms with Crippen molar-refractivity contribution < 1.29 is 13.2 Å². The second-order valence-electron chi connectivity index (χ2n) is 6.99. The number of rotatable bonds is 5. The molecular weight excluding hydrogens is 406 g/mol. The van der Waals surface area contributed by atoms with E-state index in [9.17, 15) is 13.2 Å². The molecule has 1 amide bonds. The summed E-state index contributed by atoms with van der Waals surface area (Å²) in [5, 5.41) is 5.18. The highest BCUT2D eigenvalue weighted by Gasteiger charge is 2.27. The van der Waals surface area contributed by atoms with Crippen LogP contribution < -0.4 is 5.32 Å². The van der Waals surface area contributed by atoms with Crippen LogP contribution in [-0.4, -0.2) is 36.7 Å². The second kappa shape index (κ2) is 8.06. The first-order chi connectivity index (χ1) is 13.9. The molecule has 0 radical (unpaired) electrons. The largest absolute Gasteiger partial charge is 0.298 e. The smallest absolute Gasteiger partial charge is 0.257 e. The van der Waals surface area contributed by atoms with E-state index in [0.717, 1.165) is 24.1 Å². The van der Waals surface area contributed by atoms with Crippen LogP contribution in [0.5, 0.6) is 0 Å². The Morgan fingerprint density at radius 2 is 1.69 bits per heavy atom. The fraction of sp³-hybridized carbons (Fsp3) is 0.238. The Hall–Kier alpha value is -2.55. The number of nitrogens with zero attached hydrogens (tertiary/aromatic N) is 2. The highest BCUT2D eigenvalue weighted by molar-refractivity contribution is 7.89. The van der Waals surface area contributed by atoms with Gasteiger partial charge in [-0.05, 0) is 44.0 Å². The quantitative estimate of drug-likeness (QED) is 0.663. The van der Waals surface area contributed by atoms with Crippen molar-refractivity contribution in [2.45, 2.75) is 24.7 Å². The molecule has 6 nitrogen and oxygen atoms in total. The summed E-state index contributed by atoms with van der Waals surface area (Å²) in [5.74, 6) is -0.320. The third kappa shape index (κ3) is 4.24. The van der Waals surface area contributed by atoms with E-state index in [1.807, 2.05) is 36.6 Å². The lowest BCUT2D eigenvalue weighted by molar-refractivity contribution is 0.102. The average Bonchev–Trinajstić information content (AvgIpc) is 3.41. The highest BCUT2D eigenvalue weighted by atomic mass is 32.2. The van der Waals surface area contributed by atoms with E-state index < -0.39 is 10.0 Å². The van der Waals surface area contributed by atoms with E-state index in [0.29, 0.717) is 23.8 Å². The lowest BCUT2D eigenvalue weighted by atomic mass is 10.1. The summed E-state index contributed by atoms with van der Waals surface area (Å²) in [7, 11) is -3.48. The molecule has 1 aliphatic rings. The first-order valence-electron chi connectivity index (χ1n) is 9.38. The van der Waals surface area contributed by atoms with Gasteiger partial charge in [0.25, 0.3) is 5.91 Å². The summed E-state index contributed by atoms with van der Waals surface area (Å²) in [6.45, 7) is 3.13. The summed E-state index contributed by atoms with van der Waals surface area (Å²) in [4.78, 5) is 17.2. The minimum absolute atomic E-state index is 0.215. The molecule has 0 aliphatic carbocycles. The van der Waals surface area contributed by atoms with Crippen LogP contribution in [-0.2, 0) is 10.0 Å². The van der Waals surface area contributed by atoms with Crippen molar-refractivity contribution in [2.75, 3.05) is 18.4 Å². The first-order valence-corrected chi connectivity index (χ1v) is 11.7. The molecule has 1 fully saturated rings. The summed E-state index contributed by atoms with van der Waals surface area (Å²) in [5.41, 5.74) is 3.35. The van der Waals surface area contributed by atoms with E-state index >= 15 is 0 Å². The average molecular weight is 428 g/mol. The molecule has 1 saturated heterocycles. The van der Waals surface area contributed by atoms with Gasteiger partial charge in [-0.2, -0.15) is 4.31 Å². The molecule has 8 heteroatoms. The molecule has 0 unspecified atom stereocenters. The molecule has 4 rings (SSSR count). The predicted molar refractivity (Wildman–Crippen MR) is 115 cm³/mol. The van der Waals surface area contributed by atoms with Crippen molar-refractivity contribution in [3.8, 4) is 11.3 Å². The minimum atomic E-state index is -3.48. The van der Waals surface area contributed by atoms with Crippen molar-refractivity contribution in [2.24, 2.45) is 0 Å². The molecule has 2 aromatic carbocycles. The van der Waals surface area contributed by atoms with Crippen molar-refractivity contribution in [1.29, 1.82) is 0 Å². The summed E-state index contributed by atoms with van der Waals surface area (Å²) in [6, 6.07) is 14.1. The zero-order valence-corrected chi connectivity index (χ0v) is 17.6. The standard InChI is InChI=1S/C21H21N3O3S2/c1-15-4-6-16(7-5-15)19-14-28-21(22-19)23-20(25)17-8-10-18(11-9-17)29(26,27)24-12-2-3-13-24/h4-11,14H,2-3,12-13H2,1H3,(H,22,23,25). The molecule has 0 atom stereocenters. The summed E-state index contributed by atoms with van der Waals surface area (Å²) < 4.78 is 26.7. The third-order valence-corrected chi connectivity index (χ3v) is 7.56. The van der Waals surface area contributed by atoms with Gasteiger partial charge in [0.15, 0.2) is 5.13 Å². The Bertz CT molecular complexity index is 1110. The molecule has 29 heavy (non-hydrogen) atoms. The van der Waals surface area contributed by atoms with E-state index in [1.54, 1.807) is 0 Å². The number of carbonyl (C=O) groups excluding carboxylic acids is 1. The second-order valence-corrected chi connectivity index (χ2v) is 9.79. The van der Waals surface area contributed by atoms with Gasteiger partial charge >= 0.3 is 0 Å². The lowest BCUT2D eigenvalue weighted by Crippen LogP contribution is -2.27. The van der Waals surface area contributed by atoms with E-state index in [-0.39, 0.29) is 10.8 Å². The van der Waals surface area contributed by atoms with Gasteiger partial charge in [0, 0.05) is 29.6 Å². The Morgan fingerprint density at radius 3 is 2.34 bits per heavy atom. The maximum atomic E-state index is 12.6. The molecule has 0 saturated carbocycles. The Kier molecular flexibility index (Phi) is 5.49. The van der Waals surface area contributed by atoms with Gasteiger partial charge in [-0.15, -0.1) is 11.3 Å². The van der Waals surface area contributed by atoms with Crippen LogP contribution in [0.25, 0.3) is 11.3 Å². The van der Waals surface area contributed by atoms with Gasteiger partial charge in [0.1, 0.15) is 0 Å². The minimum Gasteiger partial charge on any atom is -0.298 e. The number of anilines is 1. The number of carbonyl (C=O) groups is 1. The summed E-state index contributed by atoms with van der Waals surface area (Å²) >= 11 is 1.35. The van der Waals surface area contributed by atoms with Gasteiger partial charge in [-0.1, -0.05) is 29.8 Å². The molecule has 3 aromatic rings. The molecule has 2 heterocycles.